The quantitative estimate of drug-likeness (QED) is 0.905. The summed E-state index contributed by atoms with van der Waals surface area (Å²) in [7, 11) is 1.60. The largest absolute Gasteiger partial charge is 0.495 e. The van der Waals surface area contributed by atoms with Crippen LogP contribution in [0.2, 0.25) is 5.02 Å². The molecule has 4 nitrogen and oxygen atoms in total. The van der Waals surface area contributed by atoms with Crippen molar-refractivity contribution >= 4 is 11.6 Å². The highest BCUT2D eigenvalue weighted by Gasteiger charge is 2.06. The highest BCUT2D eigenvalue weighted by atomic mass is 35.5. The van der Waals surface area contributed by atoms with E-state index >= 15 is 0 Å². The molecule has 0 fully saturated rings. The van der Waals surface area contributed by atoms with Crippen molar-refractivity contribution in [3.63, 3.8) is 0 Å². The Labute approximate surface area is 105 Å². The van der Waals surface area contributed by atoms with E-state index in [4.69, 9.17) is 22.1 Å². The lowest BCUT2D eigenvalue weighted by Crippen LogP contribution is -2.07. The number of nitrogens with zero attached hydrogens (tertiary/aromatic N) is 2. The Kier molecular flexibility index (Phi) is 3.66. The lowest BCUT2D eigenvalue weighted by molar-refractivity contribution is 0.415. The summed E-state index contributed by atoms with van der Waals surface area (Å²) < 4.78 is 7.09. The molecule has 90 valence electrons. The molecule has 0 radical (unpaired) electrons. The molecule has 0 spiro atoms. The Bertz CT molecular complexity index is 510. The number of nitrogens with two attached hydrogens (primary N) is 1. The van der Waals surface area contributed by atoms with Crippen LogP contribution in [0.5, 0.6) is 5.75 Å². The number of ether oxygens (including phenoxy) is 1. The molecule has 2 aromatic rings. The van der Waals surface area contributed by atoms with E-state index in [1.807, 2.05) is 29.0 Å². The molecule has 0 bridgehead atoms. The number of imidazole rings is 1. The third-order valence-electron chi connectivity index (χ3n) is 2.53. The Hall–Kier alpha value is -1.52. The molecule has 1 aromatic carbocycles. The first-order valence-corrected chi connectivity index (χ1v) is 5.69. The summed E-state index contributed by atoms with van der Waals surface area (Å²) in [5.74, 6) is 0.663. The van der Waals surface area contributed by atoms with Crippen LogP contribution in [0.3, 0.4) is 0 Å². The topological polar surface area (TPSA) is 53.1 Å². The van der Waals surface area contributed by atoms with E-state index in [0.717, 1.165) is 17.8 Å². The number of aromatic nitrogens is 2. The van der Waals surface area contributed by atoms with Gasteiger partial charge in [0.15, 0.2) is 0 Å². The summed E-state index contributed by atoms with van der Waals surface area (Å²) in [4.78, 5) is 4.12. The van der Waals surface area contributed by atoms with Gasteiger partial charge in [0.05, 0.1) is 18.5 Å². The van der Waals surface area contributed by atoms with E-state index < -0.39 is 0 Å². The van der Waals surface area contributed by atoms with E-state index in [2.05, 4.69) is 4.98 Å². The SMILES string of the molecule is COc1ccc(-n2cncc2CCN)cc1Cl. The Morgan fingerprint density at radius 3 is 2.94 bits per heavy atom. The van der Waals surface area contributed by atoms with Gasteiger partial charge in [0.25, 0.3) is 0 Å². The molecular formula is C12H14ClN3O. The fraction of sp³-hybridized carbons (Fsp3) is 0.250. The minimum atomic E-state index is 0.581. The number of hydrogen-bond acceptors (Lipinski definition) is 3. The maximum Gasteiger partial charge on any atom is 0.137 e. The lowest BCUT2D eigenvalue weighted by Gasteiger charge is -2.09. The van der Waals surface area contributed by atoms with E-state index in [0.29, 0.717) is 17.3 Å². The van der Waals surface area contributed by atoms with Gasteiger partial charge >= 0.3 is 0 Å². The number of hydrogen-bond donors (Lipinski definition) is 1. The Morgan fingerprint density at radius 1 is 1.47 bits per heavy atom. The molecule has 0 aliphatic heterocycles. The van der Waals surface area contributed by atoms with Crippen molar-refractivity contribution in [3.8, 4) is 11.4 Å². The van der Waals surface area contributed by atoms with Crippen molar-refractivity contribution in [1.29, 1.82) is 0 Å². The molecule has 0 saturated carbocycles. The zero-order chi connectivity index (χ0) is 12.3. The zero-order valence-corrected chi connectivity index (χ0v) is 10.3. The Morgan fingerprint density at radius 2 is 2.29 bits per heavy atom. The molecule has 17 heavy (non-hydrogen) atoms. The predicted molar refractivity (Wildman–Crippen MR) is 67.9 cm³/mol. The maximum atomic E-state index is 6.09. The van der Waals surface area contributed by atoms with Gasteiger partial charge in [-0.25, -0.2) is 4.98 Å². The molecule has 5 heteroatoms. The van der Waals surface area contributed by atoms with Gasteiger partial charge in [-0.3, -0.25) is 0 Å². The van der Waals surface area contributed by atoms with Crippen LogP contribution in [0.4, 0.5) is 0 Å². The third-order valence-corrected chi connectivity index (χ3v) is 2.82. The van der Waals surface area contributed by atoms with Crippen molar-refractivity contribution in [1.82, 2.24) is 9.55 Å². The first-order valence-electron chi connectivity index (χ1n) is 5.31. The van der Waals surface area contributed by atoms with Crippen LogP contribution in [0.1, 0.15) is 5.69 Å². The molecule has 0 amide bonds. The number of rotatable bonds is 4. The Balaban J connectivity index is 2.39. The fourth-order valence-corrected chi connectivity index (χ4v) is 1.94. The first-order chi connectivity index (χ1) is 8.26. The molecular weight excluding hydrogens is 238 g/mol. The summed E-state index contributed by atoms with van der Waals surface area (Å²) in [5, 5.41) is 0.581. The van der Waals surface area contributed by atoms with Crippen LogP contribution < -0.4 is 10.5 Å². The van der Waals surface area contributed by atoms with Gasteiger partial charge in [-0.05, 0) is 24.7 Å². The number of methoxy groups -OCH3 is 1. The summed E-state index contributed by atoms with van der Waals surface area (Å²) in [6, 6.07) is 5.62. The molecule has 0 aliphatic carbocycles. The highest BCUT2D eigenvalue weighted by Crippen LogP contribution is 2.27. The van der Waals surface area contributed by atoms with Gasteiger partial charge in [0.2, 0.25) is 0 Å². The summed E-state index contributed by atoms with van der Waals surface area (Å²) >= 11 is 6.09. The summed E-state index contributed by atoms with van der Waals surface area (Å²) in [6.07, 6.45) is 4.35. The van der Waals surface area contributed by atoms with Crippen LogP contribution in [0.15, 0.2) is 30.7 Å². The van der Waals surface area contributed by atoms with Crippen molar-refractivity contribution in [2.45, 2.75) is 6.42 Å². The monoisotopic (exact) mass is 251 g/mol. The molecule has 2 N–H and O–H groups in total. The lowest BCUT2D eigenvalue weighted by atomic mass is 10.2. The van der Waals surface area contributed by atoms with Gasteiger partial charge in [-0.2, -0.15) is 0 Å². The van der Waals surface area contributed by atoms with Crippen molar-refractivity contribution in [2.24, 2.45) is 5.73 Å². The zero-order valence-electron chi connectivity index (χ0n) is 9.56. The smallest absolute Gasteiger partial charge is 0.137 e. The van der Waals surface area contributed by atoms with Gasteiger partial charge in [-0.1, -0.05) is 11.6 Å². The van der Waals surface area contributed by atoms with Crippen molar-refractivity contribution in [2.75, 3.05) is 13.7 Å². The van der Waals surface area contributed by atoms with E-state index in [9.17, 15) is 0 Å². The summed E-state index contributed by atoms with van der Waals surface area (Å²) in [5.41, 5.74) is 7.57. The number of benzene rings is 1. The molecule has 0 aliphatic rings. The van der Waals surface area contributed by atoms with E-state index in [-0.39, 0.29) is 0 Å². The van der Waals surface area contributed by atoms with E-state index in [1.165, 1.54) is 0 Å². The predicted octanol–water partition coefficient (Wildman–Crippen LogP) is 2.04. The third kappa shape index (κ3) is 2.43. The van der Waals surface area contributed by atoms with Gasteiger partial charge in [-0.15, -0.1) is 0 Å². The summed E-state index contributed by atoms with van der Waals surface area (Å²) in [6.45, 7) is 0.593. The molecule has 0 atom stereocenters. The normalized spacial score (nSPS) is 10.5. The maximum absolute atomic E-state index is 6.09. The highest BCUT2D eigenvalue weighted by molar-refractivity contribution is 6.32. The van der Waals surface area contributed by atoms with Crippen LogP contribution in [-0.2, 0) is 6.42 Å². The molecule has 0 saturated heterocycles. The first kappa shape index (κ1) is 12.0. The minimum Gasteiger partial charge on any atom is -0.495 e. The van der Waals surface area contributed by atoms with E-state index in [1.54, 1.807) is 13.4 Å². The van der Waals surface area contributed by atoms with Crippen molar-refractivity contribution < 1.29 is 4.74 Å². The van der Waals surface area contributed by atoms with Crippen LogP contribution in [-0.4, -0.2) is 23.2 Å². The second-order valence-corrected chi connectivity index (χ2v) is 4.02. The van der Waals surface area contributed by atoms with Crippen LogP contribution in [0, 0.1) is 0 Å². The fourth-order valence-electron chi connectivity index (χ4n) is 1.69. The van der Waals surface area contributed by atoms with Gasteiger partial charge in [0.1, 0.15) is 5.75 Å². The van der Waals surface area contributed by atoms with Crippen LogP contribution in [0.25, 0.3) is 5.69 Å². The van der Waals surface area contributed by atoms with Crippen LogP contribution >= 0.6 is 11.6 Å². The van der Waals surface area contributed by atoms with Gasteiger partial charge in [0, 0.05) is 24.0 Å². The average Bonchev–Trinajstić information content (AvgIpc) is 2.78. The second kappa shape index (κ2) is 5.21. The molecule has 0 unspecified atom stereocenters. The standard InChI is InChI=1S/C12H14ClN3O/c1-17-12-3-2-9(6-11(12)13)16-8-15-7-10(16)4-5-14/h2-3,6-8H,4-5,14H2,1H3. The molecule has 1 heterocycles. The minimum absolute atomic E-state index is 0.581. The average molecular weight is 252 g/mol. The molecule has 1 aromatic heterocycles. The second-order valence-electron chi connectivity index (χ2n) is 3.61. The van der Waals surface area contributed by atoms with Gasteiger partial charge < -0.3 is 15.0 Å². The number of halogens is 1. The van der Waals surface area contributed by atoms with Crippen molar-refractivity contribution in [3.05, 3.63) is 41.4 Å². The molecule has 2 rings (SSSR count).